The van der Waals surface area contributed by atoms with Gasteiger partial charge in [0, 0.05) is 30.0 Å². The van der Waals surface area contributed by atoms with E-state index in [0.29, 0.717) is 11.9 Å². The molecule has 2 atom stereocenters. The van der Waals surface area contributed by atoms with Crippen LogP contribution in [0.15, 0.2) is 6.20 Å². The number of fused-ring (bicyclic) bond motifs is 1. The monoisotopic (exact) mass is 265 g/mol. The summed E-state index contributed by atoms with van der Waals surface area (Å²) < 4.78 is 0. The average molecular weight is 266 g/mol. The van der Waals surface area contributed by atoms with Gasteiger partial charge in [-0.1, -0.05) is 12.8 Å². The van der Waals surface area contributed by atoms with Crippen LogP contribution in [0.1, 0.15) is 43.4 Å². The van der Waals surface area contributed by atoms with Crippen LogP contribution in [-0.2, 0) is 5.88 Å². The minimum atomic E-state index is 0.498. The van der Waals surface area contributed by atoms with Gasteiger partial charge in [-0.25, -0.2) is 9.97 Å². The van der Waals surface area contributed by atoms with Gasteiger partial charge in [0.25, 0.3) is 0 Å². The first kappa shape index (κ1) is 12.2. The molecule has 4 heteroatoms. The SMILES string of the molecule is Cc1nc(N2CCC3CCCCC32)ncc1CCl. The van der Waals surface area contributed by atoms with E-state index < -0.39 is 0 Å². The maximum Gasteiger partial charge on any atom is 0.225 e. The lowest BCUT2D eigenvalue weighted by Gasteiger charge is -2.31. The van der Waals surface area contributed by atoms with Crippen LogP contribution >= 0.6 is 11.6 Å². The minimum absolute atomic E-state index is 0.498. The highest BCUT2D eigenvalue weighted by atomic mass is 35.5. The van der Waals surface area contributed by atoms with E-state index in [-0.39, 0.29) is 0 Å². The van der Waals surface area contributed by atoms with Crippen molar-refractivity contribution in [1.29, 1.82) is 0 Å². The topological polar surface area (TPSA) is 29.0 Å². The molecule has 0 aromatic carbocycles. The quantitative estimate of drug-likeness (QED) is 0.769. The Hall–Kier alpha value is -0.830. The van der Waals surface area contributed by atoms with Crippen LogP contribution in [0.5, 0.6) is 0 Å². The van der Waals surface area contributed by atoms with E-state index in [0.717, 1.165) is 29.7 Å². The number of halogens is 1. The molecule has 0 amide bonds. The number of nitrogens with zero attached hydrogens (tertiary/aromatic N) is 3. The molecule has 1 aromatic heterocycles. The van der Waals surface area contributed by atoms with Gasteiger partial charge in [0.05, 0.1) is 5.88 Å². The Morgan fingerprint density at radius 1 is 1.33 bits per heavy atom. The second kappa shape index (κ2) is 5.04. The third-order valence-corrected chi connectivity index (χ3v) is 4.77. The summed E-state index contributed by atoms with van der Waals surface area (Å²) in [6.45, 7) is 3.15. The van der Waals surface area contributed by atoms with Gasteiger partial charge < -0.3 is 4.90 Å². The van der Waals surface area contributed by atoms with E-state index in [2.05, 4.69) is 14.9 Å². The fraction of sp³-hybridized carbons (Fsp3) is 0.714. The first-order chi connectivity index (χ1) is 8.79. The highest BCUT2D eigenvalue weighted by Crippen LogP contribution is 2.37. The molecule has 2 unspecified atom stereocenters. The maximum atomic E-state index is 5.86. The molecular weight excluding hydrogens is 246 g/mol. The molecule has 3 nitrogen and oxygen atoms in total. The van der Waals surface area contributed by atoms with Crippen molar-refractivity contribution in [3.05, 3.63) is 17.5 Å². The van der Waals surface area contributed by atoms with E-state index >= 15 is 0 Å². The molecule has 0 radical (unpaired) electrons. The van der Waals surface area contributed by atoms with E-state index in [4.69, 9.17) is 11.6 Å². The summed E-state index contributed by atoms with van der Waals surface area (Å²) in [5, 5.41) is 0. The highest BCUT2D eigenvalue weighted by Gasteiger charge is 2.36. The van der Waals surface area contributed by atoms with Crippen molar-refractivity contribution in [3.63, 3.8) is 0 Å². The zero-order valence-corrected chi connectivity index (χ0v) is 11.7. The molecule has 0 N–H and O–H groups in total. The summed E-state index contributed by atoms with van der Waals surface area (Å²) in [4.78, 5) is 11.6. The lowest BCUT2D eigenvalue weighted by Crippen LogP contribution is -2.36. The minimum Gasteiger partial charge on any atom is -0.338 e. The predicted octanol–water partition coefficient (Wildman–Crippen LogP) is 3.29. The van der Waals surface area contributed by atoms with Crippen LogP contribution in [0.2, 0.25) is 0 Å². The molecule has 2 fully saturated rings. The number of rotatable bonds is 2. The Morgan fingerprint density at radius 3 is 2.94 bits per heavy atom. The molecule has 1 aromatic rings. The number of aryl methyl sites for hydroxylation is 1. The molecule has 18 heavy (non-hydrogen) atoms. The fourth-order valence-electron chi connectivity index (χ4n) is 3.40. The van der Waals surface area contributed by atoms with E-state index in [9.17, 15) is 0 Å². The second-order valence-corrected chi connectivity index (χ2v) is 5.78. The first-order valence-corrected chi connectivity index (χ1v) is 7.48. The molecule has 1 aliphatic heterocycles. The van der Waals surface area contributed by atoms with E-state index in [1.54, 1.807) is 0 Å². The summed E-state index contributed by atoms with van der Waals surface area (Å²) in [5.41, 5.74) is 2.06. The Balaban J connectivity index is 1.84. The van der Waals surface area contributed by atoms with Crippen molar-refractivity contribution in [2.24, 2.45) is 5.92 Å². The smallest absolute Gasteiger partial charge is 0.225 e. The molecule has 3 rings (SSSR count). The zero-order valence-electron chi connectivity index (χ0n) is 10.9. The van der Waals surface area contributed by atoms with Gasteiger partial charge in [0.15, 0.2) is 0 Å². The van der Waals surface area contributed by atoms with Gasteiger partial charge >= 0.3 is 0 Å². The normalized spacial score (nSPS) is 27.3. The first-order valence-electron chi connectivity index (χ1n) is 6.94. The van der Waals surface area contributed by atoms with Gasteiger partial charge in [-0.15, -0.1) is 11.6 Å². The Morgan fingerprint density at radius 2 is 2.17 bits per heavy atom. The molecule has 2 heterocycles. The van der Waals surface area contributed by atoms with Gasteiger partial charge in [-0.2, -0.15) is 0 Å². The van der Waals surface area contributed by atoms with Crippen molar-refractivity contribution < 1.29 is 0 Å². The van der Waals surface area contributed by atoms with Gasteiger partial charge in [-0.05, 0) is 32.1 Å². The molecular formula is C14H20ClN3. The molecule has 1 saturated carbocycles. The number of anilines is 1. The lowest BCUT2D eigenvalue weighted by molar-refractivity contribution is 0.340. The van der Waals surface area contributed by atoms with Crippen molar-refractivity contribution in [1.82, 2.24) is 9.97 Å². The van der Waals surface area contributed by atoms with Crippen LogP contribution in [0.4, 0.5) is 5.95 Å². The van der Waals surface area contributed by atoms with E-state index in [1.807, 2.05) is 13.1 Å². The van der Waals surface area contributed by atoms with E-state index in [1.165, 1.54) is 32.1 Å². The largest absolute Gasteiger partial charge is 0.338 e. The third-order valence-electron chi connectivity index (χ3n) is 4.48. The van der Waals surface area contributed by atoms with Gasteiger partial charge in [0.2, 0.25) is 5.95 Å². The summed E-state index contributed by atoms with van der Waals surface area (Å²) in [7, 11) is 0. The van der Waals surface area contributed by atoms with Gasteiger partial charge in [0.1, 0.15) is 0 Å². The summed E-state index contributed by atoms with van der Waals surface area (Å²) in [6.07, 6.45) is 8.66. The molecule has 0 bridgehead atoms. The highest BCUT2D eigenvalue weighted by molar-refractivity contribution is 6.17. The molecule has 0 spiro atoms. The van der Waals surface area contributed by atoms with Gasteiger partial charge in [-0.3, -0.25) is 0 Å². The second-order valence-electron chi connectivity index (χ2n) is 5.51. The van der Waals surface area contributed by atoms with Crippen molar-refractivity contribution in [3.8, 4) is 0 Å². The van der Waals surface area contributed by atoms with Crippen LogP contribution in [0.3, 0.4) is 0 Å². The molecule has 98 valence electrons. The van der Waals surface area contributed by atoms with Crippen LogP contribution in [-0.4, -0.2) is 22.6 Å². The zero-order chi connectivity index (χ0) is 12.5. The van der Waals surface area contributed by atoms with Crippen LogP contribution < -0.4 is 4.90 Å². The average Bonchev–Trinajstić information content (AvgIpc) is 2.82. The fourth-order valence-corrected chi connectivity index (χ4v) is 3.67. The van der Waals surface area contributed by atoms with Crippen LogP contribution in [0, 0.1) is 12.8 Å². The maximum absolute atomic E-state index is 5.86. The Kier molecular flexibility index (Phi) is 3.42. The molecule has 1 saturated heterocycles. The summed E-state index contributed by atoms with van der Waals surface area (Å²) >= 11 is 5.86. The predicted molar refractivity (Wildman–Crippen MR) is 74.0 cm³/mol. The summed E-state index contributed by atoms with van der Waals surface area (Å²) in [6, 6.07) is 0.681. The number of alkyl halides is 1. The Labute approximate surface area is 114 Å². The number of hydrogen-bond donors (Lipinski definition) is 0. The number of hydrogen-bond acceptors (Lipinski definition) is 3. The standard InChI is InChI=1S/C14H20ClN3/c1-10-12(8-15)9-16-14(17-10)18-7-6-11-4-2-3-5-13(11)18/h9,11,13H,2-8H2,1H3. The lowest BCUT2D eigenvalue weighted by atomic mass is 9.85. The van der Waals surface area contributed by atoms with Crippen LogP contribution in [0.25, 0.3) is 0 Å². The summed E-state index contributed by atoms with van der Waals surface area (Å²) in [5.74, 6) is 2.28. The molecule has 2 aliphatic rings. The molecule has 1 aliphatic carbocycles. The third kappa shape index (κ3) is 2.09. The van der Waals surface area contributed by atoms with Crippen molar-refractivity contribution in [2.75, 3.05) is 11.4 Å². The number of aromatic nitrogens is 2. The van der Waals surface area contributed by atoms with Crippen molar-refractivity contribution in [2.45, 2.75) is 50.9 Å². The van der Waals surface area contributed by atoms with Crippen molar-refractivity contribution >= 4 is 17.5 Å². The Bertz CT molecular complexity index is 435.